The predicted octanol–water partition coefficient (Wildman–Crippen LogP) is 2.41. The summed E-state index contributed by atoms with van der Waals surface area (Å²) < 4.78 is 11.5. The zero-order valence-electron chi connectivity index (χ0n) is 14.6. The number of nitrogens with one attached hydrogen (secondary N) is 1. The van der Waals surface area contributed by atoms with Crippen molar-refractivity contribution < 1.29 is 14.3 Å². The molecule has 25 heavy (non-hydrogen) atoms. The van der Waals surface area contributed by atoms with Gasteiger partial charge in [-0.05, 0) is 37.8 Å². The molecule has 1 atom stereocenters. The summed E-state index contributed by atoms with van der Waals surface area (Å²) in [5.41, 5.74) is 0.959. The van der Waals surface area contributed by atoms with Crippen LogP contribution in [0.3, 0.4) is 0 Å². The second-order valence-corrected chi connectivity index (χ2v) is 6.48. The van der Waals surface area contributed by atoms with E-state index in [2.05, 4.69) is 17.2 Å². The molecule has 2 aliphatic heterocycles. The average molecular weight is 342 g/mol. The lowest BCUT2D eigenvalue weighted by Gasteiger charge is -2.32. The van der Waals surface area contributed by atoms with E-state index >= 15 is 0 Å². The highest BCUT2D eigenvalue weighted by molar-refractivity contribution is 5.74. The van der Waals surface area contributed by atoms with Gasteiger partial charge in [0.25, 0.3) is 0 Å². The largest absolute Gasteiger partial charge is 0.376 e. The Labute approximate surface area is 149 Å². The van der Waals surface area contributed by atoms with Gasteiger partial charge in [0.15, 0.2) is 0 Å². The van der Waals surface area contributed by atoms with Crippen LogP contribution in [0.1, 0.15) is 31.2 Å². The van der Waals surface area contributed by atoms with Crippen LogP contribution < -0.4 is 5.32 Å². The maximum absolute atomic E-state index is 12.2. The maximum Gasteiger partial charge on any atom is 0.318 e. The summed E-state index contributed by atoms with van der Waals surface area (Å²) in [5.74, 6) is 6.02. The van der Waals surface area contributed by atoms with E-state index in [-0.39, 0.29) is 18.2 Å². The number of rotatable bonds is 4. The number of nitrogens with zero attached hydrogens (tertiary/aromatic N) is 1. The van der Waals surface area contributed by atoms with Crippen molar-refractivity contribution in [3.63, 3.8) is 0 Å². The highest BCUT2D eigenvalue weighted by Crippen LogP contribution is 2.17. The van der Waals surface area contributed by atoms with Gasteiger partial charge in [-0.15, -0.1) is 0 Å². The highest BCUT2D eigenvalue weighted by Gasteiger charge is 2.24. The van der Waals surface area contributed by atoms with Crippen molar-refractivity contribution in [1.82, 2.24) is 10.2 Å². The Morgan fingerprint density at radius 2 is 2.04 bits per heavy atom. The van der Waals surface area contributed by atoms with Crippen molar-refractivity contribution in [2.45, 2.75) is 37.9 Å². The van der Waals surface area contributed by atoms with Crippen LogP contribution >= 0.6 is 0 Å². The van der Waals surface area contributed by atoms with Crippen LogP contribution in [-0.2, 0) is 9.47 Å². The Kier molecular flexibility index (Phi) is 6.72. The normalized spacial score (nSPS) is 20.8. The van der Waals surface area contributed by atoms with Gasteiger partial charge in [-0.25, -0.2) is 4.79 Å². The molecule has 134 valence electrons. The van der Waals surface area contributed by atoms with Crippen molar-refractivity contribution in [2.24, 2.45) is 0 Å². The molecule has 0 spiro atoms. The monoisotopic (exact) mass is 342 g/mol. The molecule has 0 bridgehead atoms. The van der Waals surface area contributed by atoms with Crippen LogP contribution in [0.4, 0.5) is 4.79 Å². The molecule has 0 aliphatic carbocycles. The molecule has 2 aliphatic rings. The van der Waals surface area contributed by atoms with Gasteiger partial charge in [-0.3, -0.25) is 0 Å². The predicted molar refractivity (Wildman–Crippen MR) is 96.2 cm³/mol. The lowest BCUT2D eigenvalue weighted by Crippen LogP contribution is -2.46. The number of carbonyl (C=O) groups excluding carboxylic acids is 1. The Morgan fingerprint density at radius 1 is 1.24 bits per heavy atom. The molecular weight excluding hydrogens is 316 g/mol. The Balaban J connectivity index is 1.32. The van der Waals surface area contributed by atoms with Gasteiger partial charge in [0.05, 0.1) is 25.4 Å². The molecule has 0 radical (unpaired) electrons. The molecule has 2 heterocycles. The lowest BCUT2D eigenvalue weighted by atomic mass is 10.1. The number of hydrogen-bond donors (Lipinski definition) is 1. The zero-order valence-corrected chi connectivity index (χ0v) is 14.6. The number of benzene rings is 1. The fourth-order valence-corrected chi connectivity index (χ4v) is 3.14. The summed E-state index contributed by atoms with van der Waals surface area (Å²) in [6, 6.07) is 9.73. The number of hydrogen-bond acceptors (Lipinski definition) is 3. The number of carbonyl (C=O) groups is 1. The smallest absolute Gasteiger partial charge is 0.318 e. The second-order valence-electron chi connectivity index (χ2n) is 6.48. The first-order valence-electron chi connectivity index (χ1n) is 9.11. The number of piperidine rings is 1. The number of ether oxygens (including phenoxy) is 2. The van der Waals surface area contributed by atoms with Gasteiger partial charge in [0, 0.05) is 25.3 Å². The van der Waals surface area contributed by atoms with E-state index in [9.17, 15) is 4.79 Å². The van der Waals surface area contributed by atoms with E-state index < -0.39 is 0 Å². The number of urea groups is 1. The van der Waals surface area contributed by atoms with E-state index in [0.717, 1.165) is 50.9 Å². The minimum absolute atomic E-state index is 0.0417. The van der Waals surface area contributed by atoms with Crippen LogP contribution in [0.5, 0.6) is 0 Å². The van der Waals surface area contributed by atoms with Crippen LogP contribution in [0.2, 0.25) is 0 Å². The van der Waals surface area contributed by atoms with E-state index in [4.69, 9.17) is 9.47 Å². The number of likely N-dealkylation sites (tertiary alicyclic amines) is 1. The molecule has 1 N–H and O–H groups in total. The van der Waals surface area contributed by atoms with Crippen LogP contribution in [0.15, 0.2) is 30.3 Å². The van der Waals surface area contributed by atoms with Crippen molar-refractivity contribution in [2.75, 3.05) is 32.8 Å². The topological polar surface area (TPSA) is 50.8 Å². The van der Waals surface area contributed by atoms with Gasteiger partial charge >= 0.3 is 6.03 Å². The second kappa shape index (κ2) is 9.45. The Hall–Kier alpha value is -2.03. The molecule has 3 rings (SSSR count). The van der Waals surface area contributed by atoms with E-state index in [0.29, 0.717) is 13.2 Å². The standard InChI is InChI=1S/C20H26N2O3/c23-20(21-12-4-8-17-6-2-1-3-7-17)22-13-10-18(11-14-22)25-16-19-9-5-15-24-19/h1-3,6-7,18-19H,5,9-16H2,(H,21,23)/t19-/m0/s1. The molecule has 1 aromatic rings. The fraction of sp³-hybridized carbons (Fsp3) is 0.550. The van der Waals surface area contributed by atoms with Gasteiger partial charge in [0.2, 0.25) is 0 Å². The maximum atomic E-state index is 12.2. The molecule has 0 aromatic heterocycles. The fourth-order valence-electron chi connectivity index (χ4n) is 3.14. The highest BCUT2D eigenvalue weighted by atomic mass is 16.5. The molecule has 2 amide bonds. The van der Waals surface area contributed by atoms with Crippen LogP contribution in [-0.4, -0.2) is 56.0 Å². The molecule has 5 heteroatoms. The summed E-state index contributed by atoms with van der Waals surface area (Å²) in [6.07, 6.45) is 4.52. The third kappa shape index (κ3) is 5.77. The summed E-state index contributed by atoms with van der Waals surface area (Å²) >= 11 is 0. The minimum atomic E-state index is -0.0417. The number of amides is 2. The SMILES string of the molecule is O=C(NCC#Cc1ccccc1)N1CCC(OC[C@@H]2CCCO2)CC1. The first-order valence-corrected chi connectivity index (χ1v) is 9.11. The molecule has 5 nitrogen and oxygen atoms in total. The summed E-state index contributed by atoms with van der Waals surface area (Å²) in [6.45, 7) is 3.37. The van der Waals surface area contributed by atoms with Crippen LogP contribution in [0, 0.1) is 11.8 Å². The van der Waals surface area contributed by atoms with Gasteiger partial charge in [-0.1, -0.05) is 30.0 Å². The van der Waals surface area contributed by atoms with Crippen LogP contribution in [0.25, 0.3) is 0 Å². The molecule has 2 fully saturated rings. The molecular formula is C20H26N2O3. The third-order valence-electron chi connectivity index (χ3n) is 4.61. The third-order valence-corrected chi connectivity index (χ3v) is 4.61. The van der Waals surface area contributed by atoms with Gasteiger partial charge in [-0.2, -0.15) is 0 Å². The quantitative estimate of drug-likeness (QED) is 0.855. The van der Waals surface area contributed by atoms with E-state index in [1.54, 1.807) is 0 Å². The van der Waals surface area contributed by atoms with Crippen molar-refractivity contribution in [1.29, 1.82) is 0 Å². The first-order chi connectivity index (χ1) is 12.3. The average Bonchev–Trinajstić information content (AvgIpc) is 3.18. The van der Waals surface area contributed by atoms with E-state index in [1.165, 1.54) is 0 Å². The summed E-state index contributed by atoms with van der Waals surface area (Å²) in [5, 5.41) is 2.87. The van der Waals surface area contributed by atoms with Crippen molar-refractivity contribution in [3.8, 4) is 11.8 Å². The van der Waals surface area contributed by atoms with E-state index in [1.807, 2.05) is 35.2 Å². The van der Waals surface area contributed by atoms with Gasteiger partial charge in [0.1, 0.15) is 0 Å². The Morgan fingerprint density at radius 3 is 2.76 bits per heavy atom. The van der Waals surface area contributed by atoms with Crippen molar-refractivity contribution >= 4 is 6.03 Å². The molecule has 0 unspecified atom stereocenters. The van der Waals surface area contributed by atoms with Gasteiger partial charge < -0.3 is 19.7 Å². The first kappa shape index (κ1) is 17.8. The van der Waals surface area contributed by atoms with Crippen molar-refractivity contribution in [3.05, 3.63) is 35.9 Å². The zero-order chi connectivity index (χ0) is 17.3. The molecule has 2 saturated heterocycles. The summed E-state index contributed by atoms with van der Waals surface area (Å²) in [7, 11) is 0. The molecule has 0 saturated carbocycles. The lowest BCUT2D eigenvalue weighted by molar-refractivity contribution is -0.0381. The molecule has 1 aromatic carbocycles. The Bertz CT molecular complexity index is 594. The summed E-state index contributed by atoms with van der Waals surface area (Å²) in [4.78, 5) is 14.0. The minimum Gasteiger partial charge on any atom is -0.376 e.